The second kappa shape index (κ2) is 7.66. The number of ether oxygens (including phenoxy) is 1. The van der Waals surface area contributed by atoms with Crippen molar-refractivity contribution in [3.63, 3.8) is 0 Å². The first-order valence-corrected chi connectivity index (χ1v) is 9.45. The number of nitrogens with one attached hydrogen (secondary N) is 1. The van der Waals surface area contributed by atoms with Gasteiger partial charge >= 0.3 is 0 Å². The molecule has 0 fully saturated rings. The highest BCUT2D eigenvalue weighted by atomic mass is 32.1. The Balaban J connectivity index is 1.90. The molecule has 7 heteroatoms. The van der Waals surface area contributed by atoms with Crippen molar-refractivity contribution in [3.05, 3.63) is 76.8 Å². The molecule has 0 spiro atoms. The molecule has 0 unspecified atom stereocenters. The maximum absolute atomic E-state index is 12.9. The minimum absolute atomic E-state index is 0.204. The minimum Gasteiger partial charge on any atom is -0.493 e. The number of fused-ring (bicyclic) bond motifs is 1. The van der Waals surface area contributed by atoms with Gasteiger partial charge in [0.05, 0.1) is 12.8 Å². The smallest absolute Gasteiger partial charge is 0.262 e. The SMILES string of the molecule is COc1cccc2cc(C(=O)Nc3nccs3)c(=Nc3ccc(C)cc3)oc12. The van der Waals surface area contributed by atoms with E-state index in [1.807, 2.05) is 43.3 Å². The third-order valence-corrected chi connectivity index (χ3v) is 4.81. The number of hydrogen-bond acceptors (Lipinski definition) is 6. The van der Waals surface area contributed by atoms with Crippen LogP contribution in [0.25, 0.3) is 11.0 Å². The van der Waals surface area contributed by atoms with Gasteiger partial charge in [0.1, 0.15) is 5.56 Å². The molecule has 0 atom stereocenters. The van der Waals surface area contributed by atoms with Gasteiger partial charge in [-0.25, -0.2) is 9.98 Å². The lowest BCUT2D eigenvalue weighted by Gasteiger charge is -2.07. The van der Waals surface area contributed by atoms with Crippen molar-refractivity contribution in [2.45, 2.75) is 6.92 Å². The molecule has 0 radical (unpaired) electrons. The quantitative estimate of drug-likeness (QED) is 0.547. The molecule has 1 amide bonds. The van der Waals surface area contributed by atoms with Crippen molar-refractivity contribution in [1.29, 1.82) is 0 Å². The molecule has 1 N–H and O–H groups in total. The van der Waals surface area contributed by atoms with E-state index in [1.54, 1.807) is 30.8 Å². The first-order valence-electron chi connectivity index (χ1n) is 8.57. The molecule has 2 heterocycles. The van der Waals surface area contributed by atoms with Crippen molar-refractivity contribution >= 4 is 39.0 Å². The molecular weight excluding hydrogens is 374 g/mol. The summed E-state index contributed by atoms with van der Waals surface area (Å²) in [7, 11) is 1.57. The predicted octanol–water partition coefficient (Wildman–Crippen LogP) is 4.69. The zero-order valence-corrected chi connectivity index (χ0v) is 16.1. The third-order valence-electron chi connectivity index (χ3n) is 4.12. The summed E-state index contributed by atoms with van der Waals surface area (Å²) >= 11 is 1.34. The normalized spacial score (nSPS) is 11.6. The maximum Gasteiger partial charge on any atom is 0.262 e. The van der Waals surface area contributed by atoms with Gasteiger partial charge in [0.15, 0.2) is 16.5 Å². The van der Waals surface area contributed by atoms with Crippen molar-refractivity contribution in [3.8, 4) is 5.75 Å². The van der Waals surface area contributed by atoms with Crippen molar-refractivity contribution < 1.29 is 13.9 Å². The number of hydrogen-bond donors (Lipinski definition) is 1. The van der Waals surface area contributed by atoms with Gasteiger partial charge < -0.3 is 9.15 Å². The van der Waals surface area contributed by atoms with Crippen LogP contribution in [0.4, 0.5) is 10.8 Å². The molecule has 0 aliphatic rings. The second-order valence-corrected chi connectivity index (χ2v) is 6.98. The number of carbonyl (C=O) groups excluding carboxylic acids is 1. The molecule has 2 aromatic heterocycles. The van der Waals surface area contributed by atoms with Gasteiger partial charge in [-0.1, -0.05) is 29.8 Å². The number of aryl methyl sites for hydroxylation is 1. The van der Waals surface area contributed by atoms with Gasteiger partial charge in [0.25, 0.3) is 5.91 Å². The Morgan fingerprint density at radius 3 is 2.75 bits per heavy atom. The van der Waals surface area contributed by atoms with E-state index in [0.29, 0.717) is 27.7 Å². The molecule has 2 aromatic carbocycles. The van der Waals surface area contributed by atoms with Crippen LogP contribution in [0.15, 0.2) is 69.5 Å². The highest BCUT2D eigenvalue weighted by Crippen LogP contribution is 2.25. The van der Waals surface area contributed by atoms with E-state index in [0.717, 1.165) is 10.9 Å². The number of rotatable bonds is 4. The number of carbonyl (C=O) groups is 1. The van der Waals surface area contributed by atoms with Crippen LogP contribution in [-0.4, -0.2) is 18.0 Å². The van der Waals surface area contributed by atoms with E-state index >= 15 is 0 Å². The highest BCUT2D eigenvalue weighted by Gasteiger charge is 2.15. The van der Waals surface area contributed by atoms with E-state index in [-0.39, 0.29) is 11.5 Å². The van der Waals surface area contributed by atoms with E-state index in [1.165, 1.54) is 11.3 Å². The number of thiazole rings is 1. The predicted molar refractivity (Wildman–Crippen MR) is 109 cm³/mol. The summed E-state index contributed by atoms with van der Waals surface area (Å²) in [6.45, 7) is 2.00. The van der Waals surface area contributed by atoms with Crippen LogP contribution in [-0.2, 0) is 0 Å². The fourth-order valence-corrected chi connectivity index (χ4v) is 3.24. The summed E-state index contributed by atoms with van der Waals surface area (Å²) in [6.07, 6.45) is 1.63. The highest BCUT2D eigenvalue weighted by molar-refractivity contribution is 7.13. The average Bonchev–Trinajstić information content (AvgIpc) is 3.21. The topological polar surface area (TPSA) is 76.7 Å². The molecule has 0 aliphatic carbocycles. The van der Waals surface area contributed by atoms with Crippen LogP contribution in [0.2, 0.25) is 0 Å². The third kappa shape index (κ3) is 3.65. The largest absolute Gasteiger partial charge is 0.493 e. The number of nitrogens with zero attached hydrogens (tertiary/aromatic N) is 2. The lowest BCUT2D eigenvalue weighted by Crippen LogP contribution is -2.21. The lowest BCUT2D eigenvalue weighted by atomic mass is 10.1. The standard InChI is InChI=1S/C21H17N3O3S/c1-13-6-8-15(9-7-13)23-20-16(19(25)24-21-22-10-11-28-21)12-14-4-3-5-17(26-2)18(14)27-20/h3-12H,1-2H3,(H,22,24,25). The van der Waals surface area contributed by atoms with Crippen LogP contribution in [0, 0.1) is 6.92 Å². The molecule has 0 saturated heterocycles. The summed E-state index contributed by atoms with van der Waals surface area (Å²) in [5.74, 6) is 0.235. The maximum atomic E-state index is 12.9. The molecule has 6 nitrogen and oxygen atoms in total. The average molecular weight is 391 g/mol. The molecule has 4 rings (SSSR count). The Morgan fingerprint density at radius 2 is 2.04 bits per heavy atom. The van der Waals surface area contributed by atoms with E-state index in [9.17, 15) is 4.79 Å². The number of amides is 1. The van der Waals surface area contributed by atoms with Gasteiger partial charge in [-0.05, 0) is 31.2 Å². The van der Waals surface area contributed by atoms with Gasteiger partial charge in [-0.15, -0.1) is 11.3 Å². The summed E-state index contributed by atoms with van der Waals surface area (Å²) < 4.78 is 11.4. The molecule has 0 saturated carbocycles. The van der Waals surface area contributed by atoms with Crippen LogP contribution < -0.4 is 15.6 Å². The van der Waals surface area contributed by atoms with Gasteiger partial charge in [-0.3, -0.25) is 10.1 Å². The number of anilines is 1. The van der Waals surface area contributed by atoms with E-state index in [4.69, 9.17) is 9.15 Å². The van der Waals surface area contributed by atoms with E-state index < -0.39 is 0 Å². The Labute approximate surface area is 165 Å². The molecule has 28 heavy (non-hydrogen) atoms. The Kier molecular flexibility index (Phi) is 4.90. The van der Waals surface area contributed by atoms with Crippen LogP contribution >= 0.6 is 11.3 Å². The van der Waals surface area contributed by atoms with E-state index in [2.05, 4.69) is 15.3 Å². The number of benzene rings is 2. The first-order chi connectivity index (χ1) is 13.6. The van der Waals surface area contributed by atoms with Crippen molar-refractivity contribution in [2.24, 2.45) is 4.99 Å². The molecular formula is C21H17N3O3S. The Bertz CT molecular complexity index is 1200. The zero-order valence-electron chi connectivity index (χ0n) is 15.3. The summed E-state index contributed by atoms with van der Waals surface area (Å²) in [5.41, 5.74) is 2.86. The zero-order chi connectivity index (χ0) is 19.5. The number of methoxy groups -OCH3 is 1. The summed E-state index contributed by atoms with van der Waals surface area (Å²) in [5, 5.41) is 5.83. The molecule has 4 aromatic rings. The molecule has 0 bridgehead atoms. The fourth-order valence-electron chi connectivity index (χ4n) is 2.72. The molecule has 140 valence electrons. The Morgan fingerprint density at radius 1 is 1.21 bits per heavy atom. The van der Waals surface area contributed by atoms with Gasteiger partial charge in [-0.2, -0.15) is 0 Å². The minimum atomic E-state index is -0.339. The van der Waals surface area contributed by atoms with Gasteiger partial charge in [0, 0.05) is 17.0 Å². The van der Waals surface area contributed by atoms with Gasteiger partial charge in [0.2, 0.25) is 5.55 Å². The lowest BCUT2D eigenvalue weighted by molar-refractivity contribution is 0.102. The number of para-hydroxylation sites is 1. The fraction of sp³-hybridized carbons (Fsp3) is 0.0952. The number of aromatic nitrogens is 1. The summed E-state index contributed by atoms with van der Waals surface area (Å²) in [6, 6.07) is 14.9. The van der Waals surface area contributed by atoms with Crippen LogP contribution in [0.3, 0.4) is 0 Å². The monoisotopic (exact) mass is 391 g/mol. The summed E-state index contributed by atoms with van der Waals surface area (Å²) in [4.78, 5) is 21.5. The molecule has 0 aliphatic heterocycles. The first kappa shape index (κ1) is 17.9. The van der Waals surface area contributed by atoms with Crippen LogP contribution in [0.1, 0.15) is 15.9 Å². The Hall–Kier alpha value is -3.45. The van der Waals surface area contributed by atoms with Crippen molar-refractivity contribution in [1.82, 2.24) is 4.98 Å². The second-order valence-electron chi connectivity index (χ2n) is 6.08. The van der Waals surface area contributed by atoms with Crippen molar-refractivity contribution in [2.75, 3.05) is 12.4 Å². The van der Waals surface area contributed by atoms with Crippen LogP contribution in [0.5, 0.6) is 5.75 Å².